The largest absolute Gasteiger partial charge is 0.380 e. The van der Waals surface area contributed by atoms with Gasteiger partial charge in [-0.25, -0.2) is 0 Å². The molecule has 1 N–H and O–H groups in total. The van der Waals surface area contributed by atoms with Crippen molar-refractivity contribution in [3.05, 3.63) is 48.0 Å². The van der Waals surface area contributed by atoms with Gasteiger partial charge in [0, 0.05) is 17.5 Å². The third-order valence-corrected chi connectivity index (χ3v) is 3.59. The van der Waals surface area contributed by atoms with E-state index >= 15 is 0 Å². The van der Waals surface area contributed by atoms with Crippen LogP contribution in [0.5, 0.6) is 0 Å². The maximum atomic E-state index is 12.1. The van der Waals surface area contributed by atoms with Crippen LogP contribution in [-0.4, -0.2) is 25.7 Å². The van der Waals surface area contributed by atoms with E-state index in [4.69, 9.17) is 4.74 Å². The van der Waals surface area contributed by atoms with Crippen LogP contribution in [0.25, 0.3) is 10.8 Å². The van der Waals surface area contributed by atoms with Crippen LogP contribution < -0.4 is 5.32 Å². The van der Waals surface area contributed by atoms with E-state index in [9.17, 15) is 4.79 Å². The Morgan fingerprint density at radius 3 is 2.63 bits per heavy atom. The molecule has 0 aromatic heterocycles. The zero-order valence-corrected chi connectivity index (χ0v) is 11.0. The lowest BCUT2D eigenvalue weighted by molar-refractivity contribution is -0.0978. The molecule has 2 aromatic rings. The predicted octanol–water partition coefficient (Wildman–Crippen LogP) is 2.61. The van der Waals surface area contributed by atoms with Crippen molar-refractivity contribution in [1.29, 1.82) is 0 Å². The molecule has 1 aliphatic rings. The molecule has 3 rings (SSSR count). The fourth-order valence-corrected chi connectivity index (χ4v) is 2.28. The second kappa shape index (κ2) is 4.67. The van der Waals surface area contributed by atoms with E-state index in [-0.39, 0.29) is 11.3 Å². The molecule has 3 nitrogen and oxygen atoms in total. The monoisotopic (exact) mass is 255 g/mol. The van der Waals surface area contributed by atoms with Crippen LogP contribution in [0.15, 0.2) is 42.5 Å². The normalized spacial score (nSPS) is 16.9. The van der Waals surface area contributed by atoms with E-state index in [0.717, 1.165) is 24.0 Å². The van der Waals surface area contributed by atoms with Crippen molar-refractivity contribution in [2.24, 2.45) is 5.41 Å². The first-order valence-corrected chi connectivity index (χ1v) is 6.51. The first-order chi connectivity index (χ1) is 9.16. The Morgan fingerprint density at radius 1 is 1.21 bits per heavy atom. The van der Waals surface area contributed by atoms with Crippen LogP contribution in [0.3, 0.4) is 0 Å². The molecule has 1 aliphatic heterocycles. The molecule has 1 fully saturated rings. The topological polar surface area (TPSA) is 38.3 Å². The Labute approximate surface area is 112 Å². The Balaban J connectivity index is 1.74. The lowest BCUT2D eigenvalue weighted by atomic mass is 9.88. The first-order valence-electron chi connectivity index (χ1n) is 6.51. The van der Waals surface area contributed by atoms with Crippen molar-refractivity contribution in [2.45, 2.75) is 6.92 Å². The van der Waals surface area contributed by atoms with Gasteiger partial charge in [-0.1, -0.05) is 37.3 Å². The number of hydrogen-bond donors (Lipinski definition) is 1. The number of ether oxygens (including phenoxy) is 1. The van der Waals surface area contributed by atoms with Crippen LogP contribution in [0.4, 0.5) is 0 Å². The van der Waals surface area contributed by atoms with Crippen molar-refractivity contribution in [2.75, 3.05) is 19.8 Å². The second-order valence-electron chi connectivity index (χ2n) is 5.55. The number of nitrogens with one attached hydrogen (secondary N) is 1. The Morgan fingerprint density at radius 2 is 1.95 bits per heavy atom. The molecule has 19 heavy (non-hydrogen) atoms. The molecule has 98 valence electrons. The van der Waals surface area contributed by atoms with Gasteiger partial charge in [0.05, 0.1) is 13.2 Å². The standard InChI is InChI=1S/C16H17NO2/c1-16(10-19-11-16)9-17-15(18)14-7-6-12-4-2-3-5-13(12)8-14/h2-8H,9-11H2,1H3,(H,17,18). The molecule has 0 saturated carbocycles. The minimum atomic E-state index is -0.0149. The molecule has 1 heterocycles. The minimum Gasteiger partial charge on any atom is -0.380 e. The summed E-state index contributed by atoms with van der Waals surface area (Å²) in [5.41, 5.74) is 0.814. The summed E-state index contributed by atoms with van der Waals surface area (Å²) in [5, 5.41) is 5.23. The molecule has 2 aromatic carbocycles. The number of rotatable bonds is 3. The highest BCUT2D eigenvalue weighted by Gasteiger charge is 2.33. The first kappa shape index (κ1) is 12.2. The Hall–Kier alpha value is -1.87. The highest BCUT2D eigenvalue weighted by molar-refractivity contribution is 5.98. The summed E-state index contributed by atoms with van der Waals surface area (Å²) in [6.07, 6.45) is 0. The van der Waals surface area contributed by atoms with Gasteiger partial charge in [0.1, 0.15) is 0 Å². The van der Waals surface area contributed by atoms with Crippen LogP contribution in [0, 0.1) is 5.41 Å². The van der Waals surface area contributed by atoms with Gasteiger partial charge in [-0.05, 0) is 22.9 Å². The summed E-state index contributed by atoms with van der Waals surface area (Å²) in [4.78, 5) is 12.1. The SMILES string of the molecule is CC1(CNC(=O)c2ccc3ccccc3c2)COC1. The number of hydrogen-bond acceptors (Lipinski definition) is 2. The zero-order valence-electron chi connectivity index (χ0n) is 11.0. The summed E-state index contributed by atoms with van der Waals surface area (Å²) in [6, 6.07) is 13.8. The molecular formula is C16H17NO2. The van der Waals surface area contributed by atoms with Gasteiger partial charge in [-0.15, -0.1) is 0 Å². The highest BCUT2D eigenvalue weighted by atomic mass is 16.5. The van der Waals surface area contributed by atoms with Crippen molar-refractivity contribution in [3.63, 3.8) is 0 Å². The van der Waals surface area contributed by atoms with Gasteiger partial charge in [0.15, 0.2) is 0 Å². The van der Waals surface area contributed by atoms with Gasteiger partial charge < -0.3 is 10.1 Å². The van der Waals surface area contributed by atoms with E-state index in [1.54, 1.807) is 0 Å². The lowest BCUT2D eigenvalue weighted by Gasteiger charge is -2.38. The van der Waals surface area contributed by atoms with E-state index in [1.807, 2.05) is 42.5 Å². The maximum absolute atomic E-state index is 12.1. The van der Waals surface area contributed by atoms with Gasteiger partial charge in [-0.3, -0.25) is 4.79 Å². The van der Waals surface area contributed by atoms with Gasteiger partial charge in [0.25, 0.3) is 5.91 Å². The predicted molar refractivity (Wildman–Crippen MR) is 75.2 cm³/mol. The molecular weight excluding hydrogens is 238 g/mol. The van der Waals surface area contributed by atoms with Gasteiger partial charge in [0.2, 0.25) is 0 Å². The fourth-order valence-electron chi connectivity index (χ4n) is 2.28. The van der Waals surface area contributed by atoms with E-state index < -0.39 is 0 Å². The molecule has 1 saturated heterocycles. The summed E-state index contributed by atoms with van der Waals surface area (Å²) >= 11 is 0. The molecule has 0 aliphatic carbocycles. The Kier molecular flexibility index (Phi) is 2.99. The molecule has 0 atom stereocenters. The molecule has 0 spiro atoms. The van der Waals surface area contributed by atoms with E-state index in [0.29, 0.717) is 12.1 Å². The minimum absolute atomic E-state index is 0.0149. The summed E-state index contributed by atoms with van der Waals surface area (Å²) < 4.78 is 5.18. The molecule has 0 bridgehead atoms. The lowest BCUT2D eigenvalue weighted by Crippen LogP contribution is -2.48. The van der Waals surface area contributed by atoms with Crippen LogP contribution in [-0.2, 0) is 4.74 Å². The van der Waals surface area contributed by atoms with E-state index in [1.165, 1.54) is 0 Å². The van der Waals surface area contributed by atoms with Crippen molar-refractivity contribution < 1.29 is 9.53 Å². The van der Waals surface area contributed by atoms with Crippen molar-refractivity contribution >= 4 is 16.7 Å². The summed E-state index contributed by atoms with van der Waals surface area (Å²) in [7, 11) is 0. The smallest absolute Gasteiger partial charge is 0.251 e. The fraction of sp³-hybridized carbons (Fsp3) is 0.312. The maximum Gasteiger partial charge on any atom is 0.251 e. The summed E-state index contributed by atoms with van der Waals surface area (Å²) in [5.74, 6) is -0.0149. The molecule has 3 heteroatoms. The highest BCUT2D eigenvalue weighted by Crippen LogP contribution is 2.25. The quantitative estimate of drug-likeness (QED) is 0.915. The third-order valence-electron chi connectivity index (χ3n) is 3.59. The number of carbonyl (C=O) groups is 1. The van der Waals surface area contributed by atoms with Crippen molar-refractivity contribution in [3.8, 4) is 0 Å². The Bertz CT molecular complexity index is 617. The average molecular weight is 255 g/mol. The number of fused-ring (bicyclic) bond motifs is 1. The summed E-state index contributed by atoms with van der Waals surface area (Å²) in [6.45, 7) is 4.24. The number of carbonyl (C=O) groups excluding carboxylic acids is 1. The van der Waals surface area contributed by atoms with Crippen molar-refractivity contribution in [1.82, 2.24) is 5.32 Å². The average Bonchev–Trinajstić information content (AvgIpc) is 2.42. The zero-order chi connectivity index (χ0) is 13.3. The van der Waals surface area contributed by atoms with Gasteiger partial charge in [-0.2, -0.15) is 0 Å². The molecule has 1 amide bonds. The van der Waals surface area contributed by atoms with Crippen LogP contribution >= 0.6 is 0 Å². The van der Waals surface area contributed by atoms with E-state index in [2.05, 4.69) is 12.2 Å². The second-order valence-corrected chi connectivity index (χ2v) is 5.55. The van der Waals surface area contributed by atoms with Gasteiger partial charge >= 0.3 is 0 Å². The molecule has 0 radical (unpaired) electrons. The van der Waals surface area contributed by atoms with Crippen LogP contribution in [0.1, 0.15) is 17.3 Å². The van der Waals surface area contributed by atoms with Crippen LogP contribution in [0.2, 0.25) is 0 Å². The number of benzene rings is 2. The molecule has 0 unspecified atom stereocenters. The third kappa shape index (κ3) is 2.47. The number of amides is 1.